The molecule has 0 spiro atoms. The molecule has 0 radical (unpaired) electrons. The van der Waals surface area contributed by atoms with Crippen LogP contribution in [0.2, 0.25) is 0 Å². The fourth-order valence-corrected chi connectivity index (χ4v) is 3.76. The summed E-state index contributed by atoms with van der Waals surface area (Å²) in [4.78, 5) is 25.4. The van der Waals surface area contributed by atoms with Crippen LogP contribution in [-0.2, 0) is 4.74 Å². The molecule has 3 rings (SSSR count). The van der Waals surface area contributed by atoms with E-state index < -0.39 is 5.60 Å². The highest BCUT2D eigenvalue weighted by molar-refractivity contribution is 5.92. The van der Waals surface area contributed by atoms with Crippen LogP contribution in [-0.4, -0.2) is 70.9 Å². The maximum atomic E-state index is 12.7. The maximum absolute atomic E-state index is 12.7. The van der Waals surface area contributed by atoms with Crippen molar-refractivity contribution in [3.8, 4) is 0 Å². The van der Waals surface area contributed by atoms with Crippen LogP contribution in [0.5, 0.6) is 0 Å². The van der Waals surface area contributed by atoms with Gasteiger partial charge in [0.05, 0.1) is 31.2 Å². The van der Waals surface area contributed by atoms with Gasteiger partial charge in [0.2, 0.25) is 0 Å². The smallest absolute Gasteiger partial charge is 0.274 e. The van der Waals surface area contributed by atoms with Gasteiger partial charge in [0.1, 0.15) is 11.5 Å². The summed E-state index contributed by atoms with van der Waals surface area (Å²) in [5, 5.41) is 10.7. The lowest BCUT2D eigenvalue weighted by Crippen LogP contribution is -2.51. The van der Waals surface area contributed by atoms with Crippen LogP contribution in [0.3, 0.4) is 0 Å². The lowest BCUT2D eigenvalue weighted by molar-refractivity contribution is -0.0247. The molecule has 0 aromatic carbocycles. The van der Waals surface area contributed by atoms with Crippen molar-refractivity contribution < 1.29 is 14.6 Å². The number of aromatic nitrogens is 2. The van der Waals surface area contributed by atoms with Crippen molar-refractivity contribution >= 4 is 11.7 Å². The molecule has 2 aliphatic heterocycles. The molecule has 1 amide bonds. The summed E-state index contributed by atoms with van der Waals surface area (Å²) in [6, 6.07) is 0. The second-order valence-electron chi connectivity index (χ2n) is 8.05. The number of rotatable bonds is 4. The summed E-state index contributed by atoms with van der Waals surface area (Å²) in [6.07, 6.45) is 4.90. The Morgan fingerprint density at radius 1 is 1.35 bits per heavy atom. The molecular formula is C19H30N4O3. The number of ether oxygens (including phenoxy) is 1. The van der Waals surface area contributed by atoms with E-state index in [1.807, 2.05) is 6.92 Å². The lowest BCUT2D eigenvalue weighted by atomic mass is 9.78. The van der Waals surface area contributed by atoms with Gasteiger partial charge >= 0.3 is 0 Å². The van der Waals surface area contributed by atoms with Gasteiger partial charge in [-0.05, 0) is 25.7 Å². The molecule has 1 aromatic heterocycles. The van der Waals surface area contributed by atoms with Gasteiger partial charge in [0.15, 0.2) is 0 Å². The standard InChI is InChI=1S/C19H30N4O3/c1-14(2)10-15-13-23(5-4-19(15,3)25)17-12-20-11-16(21-17)18(24)22-6-8-26-9-7-22/h11-12,14-15,25H,4-10,13H2,1-3H3/t15-,19+/m0/s1. The average molecular weight is 362 g/mol. The predicted molar refractivity (Wildman–Crippen MR) is 99.2 cm³/mol. The van der Waals surface area contributed by atoms with E-state index >= 15 is 0 Å². The average Bonchev–Trinajstić information content (AvgIpc) is 2.63. The molecule has 0 aliphatic carbocycles. The number of morpholine rings is 1. The largest absolute Gasteiger partial charge is 0.390 e. The van der Waals surface area contributed by atoms with Crippen LogP contribution >= 0.6 is 0 Å². The summed E-state index contributed by atoms with van der Waals surface area (Å²) in [5.74, 6) is 1.32. The zero-order valence-electron chi connectivity index (χ0n) is 16.0. The van der Waals surface area contributed by atoms with E-state index in [0.717, 1.165) is 13.0 Å². The van der Waals surface area contributed by atoms with Gasteiger partial charge in [-0.25, -0.2) is 4.98 Å². The maximum Gasteiger partial charge on any atom is 0.274 e. The van der Waals surface area contributed by atoms with Crippen LogP contribution in [0, 0.1) is 11.8 Å². The normalized spacial score (nSPS) is 27.0. The van der Waals surface area contributed by atoms with Crippen molar-refractivity contribution in [1.29, 1.82) is 0 Å². The Bertz CT molecular complexity index is 629. The quantitative estimate of drug-likeness (QED) is 0.876. The van der Waals surface area contributed by atoms with Crippen molar-refractivity contribution in [2.24, 2.45) is 11.8 Å². The Morgan fingerprint density at radius 3 is 2.77 bits per heavy atom. The first-order valence-electron chi connectivity index (χ1n) is 9.53. The molecule has 2 aliphatic rings. The second-order valence-corrected chi connectivity index (χ2v) is 8.05. The van der Waals surface area contributed by atoms with Crippen molar-refractivity contribution in [3.05, 3.63) is 18.1 Å². The Labute approximate surface area is 155 Å². The summed E-state index contributed by atoms with van der Waals surface area (Å²) >= 11 is 0. The third-order valence-electron chi connectivity index (χ3n) is 5.43. The number of amides is 1. The molecular weight excluding hydrogens is 332 g/mol. The minimum absolute atomic E-state index is 0.0922. The van der Waals surface area contributed by atoms with Crippen LogP contribution in [0.25, 0.3) is 0 Å². The fraction of sp³-hybridized carbons (Fsp3) is 0.737. The molecule has 7 heteroatoms. The number of aliphatic hydroxyl groups is 1. The van der Waals surface area contributed by atoms with Gasteiger partial charge in [-0.15, -0.1) is 0 Å². The number of hydrogen-bond donors (Lipinski definition) is 1. The Balaban J connectivity index is 1.74. The van der Waals surface area contributed by atoms with Gasteiger partial charge in [0.25, 0.3) is 5.91 Å². The highest BCUT2D eigenvalue weighted by atomic mass is 16.5. The molecule has 2 atom stereocenters. The van der Waals surface area contributed by atoms with Crippen molar-refractivity contribution in [2.75, 3.05) is 44.3 Å². The van der Waals surface area contributed by atoms with Crippen molar-refractivity contribution in [2.45, 2.75) is 39.2 Å². The zero-order valence-corrected chi connectivity index (χ0v) is 16.0. The van der Waals surface area contributed by atoms with E-state index in [0.29, 0.717) is 56.7 Å². The van der Waals surface area contributed by atoms with Crippen molar-refractivity contribution in [1.82, 2.24) is 14.9 Å². The van der Waals surface area contributed by atoms with Crippen LogP contribution in [0.1, 0.15) is 44.1 Å². The number of hydrogen-bond acceptors (Lipinski definition) is 6. The molecule has 2 fully saturated rings. The third-order valence-corrected chi connectivity index (χ3v) is 5.43. The number of nitrogens with zero attached hydrogens (tertiary/aromatic N) is 4. The monoisotopic (exact) mass is 362 g/mol. The summed E-state index contributed by atoms with van der Waals surface area (Å²) < 4.78 is 5.31. The molecule has 7 nitrogen and oxygen atoms in total. The predicted octanol–water partition coefficient (Wildman–Crippen LogP) is 1.57. The van der Waals surface area contributed by atoms with E-state index in [2.05, 4.69) is 28.7 Å². The number of carbonyl (C=O) groups is 1. The molecule has 26 heavy (non-hydrogen) atoms. The molecule has 0 saturated carbocycles. The van der Waals surface area contributed by atoms with Crippen LogP contribution in [0.4, 0.5) is 5.82 Å². The first kappa shape index (κ1) is 19.0. The first-order valence-corrected chi connectivity index (χ1v) is 9.53. The molecule has 2 saturated heterocycles. The minimum atomic E-state index is -0.657. The summed E-state index contributed by atoms with van der Waals surface area (Å²) in [6.45, 7) is 10.0. The first-order chi connectivity index (χ1) is 12.4. The highest BCUT2D eigenvalue weighted by Gasteiger charge is 2.38. The Hall–Kier alpha value is -1.73. The van der Waals surface area contributed by atoms with Gasteiger partial charge < -0.3 is 19.6 Å². The molecule has 0 bridgehead atoms. The molecule has 1 N–H and O–H groups in total. The molecule has 0 unspecified atom stereocenters. The molecule has 144 valence electrons. The van der Waals surface area contributed by atoms with E-state index in [9.17, 15) is 9.90 Å². The topological polar surface area (TPSA) is 78.8 Å². The van der Waals surface area contributed by atoms with E-state index in [1.54, 1.807) is 11.1 Å². The van der Waals surface area contributed by atoms with E-state index in [4.69, 9.17) is 4.74 Å². The van der Waals surface area contributed by atoms with Gasteiger partial charge in [-0.2, -0.15) is 0 Å². The lowest BCUT2D eigenvalue weighted by Gasteiger charge is -2.44. The molecule has 1 aromatic rings. The fourth-order valence-electron chi connectivity index (χ4n) is 3.76. The number of piperidine rings is 1. The number of anilines is 1. The second kappa shape index (κ2) is 7.88. The van der Waals surface area contributed by atoms with E-state index in [1.165, 1.54) is 6.20 Å². The Morgan fingerprint density at radius 2 is 2.08 bits per heavy atom. The van der Waals surface area contributed by atoms with Gasteiger partial charge in [0, 0.05) is 32.1 Å². The van der Waals surface area contributed by atoms with Crippen molar-refractivity contribution in [3.63, 3.8) is 0 Å². The van der Waals surface area contributed by atoms with Crippen LogP contribution in [0.15, 0.2) is 12.4 Å². The van der Waals surface area contributed by atoms with Gasteiger partial charge in [-0.3, -0.25) is 9.78 Å². The summed E-state index contributed by atoms with van der Waals surface area (Å²) in [5.41, 5.74) is -0.280. The highest BCUT2D eigenvalue weighted by Crippen LogP contribution is 2.33. The van der Waals surface area contributed by atoms with Crippen LogP contribution < -0.4 is 4.90 Å². The van der Waals surface area contributed by atoms with Gasteiger partial charge in [-0.1, -0.05) is 13.8 Å². The summed E-state index contributed by atoms with van der Waals surface area (Å²) in [7, 11) is 0. The number of carbonyl (C=O) groups excluding carboxylic acids is 1. The SMILES string of the molecule is CC(C)C[C@H]1CN(c2cncc(C(=O)N3CCOCC3)n2)CC[C@@]1(C)O. The Kier molecular flexibility index (Phi) is 5.77. The molecule has 3 heterocycles. The van der Waals surface area contributed by atoms with E-state index in [-0.39, 0.29) is 11.8 Å². The minimum Gasteiger partial charge on any atom is -0.390 e. The third kappa shape index (κ3) is 4.32. The zero-order chi connectivity index (χ0) is 18.7.